The van der Waals surface area contributed by atoms with E-state index in [4.69, 9.17) is 4.74 Å². The maximum atomic E-state index is 12.3. The molecule has 114 valence electrons. The molecule has 0 fully saturated rings. The largest absolute Gasteiger partial charge is 0.490 e. The van der Waals surface area contributed by atoms with Gasteiger partial charge in [-0.05, 0) is 31.5 Å². The van der Waals surface area contributed by atoms with Crippen molar-refractivity contribution >= 4 is 16.7 Å². The number of nitrogens with zero attached hydrogens (tertiary/aromatic N) is 2. The van der Waals surface area contributed by atoms with Gasteiger partial charge < -0.3 is 14.8 Å². The highest BCUT2D eigenvalue weighted by atomic mass is 32.1. The first-order chi connectivity index (χ1) is 10.1. The molecule has 2 rings (SSSR count). The van der Waals surface area contributed by atoms with E-state index in [1.807, 2.05) is 6.92 Å². The Labute approximate surface area is 125 Å². The van der Waals surface area contributed by atoms with E-state index < -0.39 is 6.61 Å². The summed E-state index contributed by atoms with van der Waals surface area (Å²) in [5.74, 6) is 1.03. The molecule has 21 heavy (non-hydrogen) atoms. The van der Waals surface area contributed by atoms with Crippen molar-refractivity contribution in [3.05, 3.63) is 29.6 Å². The van der Waals surface area contributed by atoms with Crippen LogP contribution in [0.15, 0.2) is 18.2 Å². The monoisotopic (exact) mass is 315 g/mol. The highest BCUT2D eigenvalue weighted by Gasteiger charge is 2.11. The number of benzene rings is 1. The minimum atomic E-state index is -2.88. The summed E-state index contributed by atoms with van der Waals surface area (Å²) >= 11 is 1.27. The molecule has 0 aliphatic carbocycles. The highest BCUT2D eigenvalue weighted by Crippen LogP contribution is 2.30. The van der Waals surface area contributed by atoms with Gasteiger partial charge in [0.1, 0.15) is 5.82 Å². The maximum absolute atomic E-state index is 12.3. The standard InChI is InChI=1S/C13H15F2N3O2S/c1-3-19-11-6-9(4-5-10(11)20-12(14)15)7-16-13-17-8(2)18-21-13/h4-6,12H,3,7H2,1-2H3,(H,16,17,18). The van der Waals surface area contributed by atoms with Crippen molar-refractivity contribution < 1.29 is 18.3 Å². The Morgan fingerprint density at radius 1 is 1.33 bits per heavy atom. The second-order valence-electron chi connectivity index (χ2n) is 4.09. The smallest absolute Gasteiger partial charge is 0.387 e. The fourth-order valence-electron chi connectivity index (χ4n) is 1.67. The zero-order chi connectivity index (χ0) is 15.2. The molecule has 0 unspecified atom stereocenters. The van der Waals surface area contributed by atoms with Crippen LogP contribution in [0.2, 0.25) is 0 Å². The number of hydrogen-bond donors (Lipinski definition) is 1. The molecule has 1 N–H and O–H groups in total. The molecule has 8 heteroatoms. The van der Waals surface area contributed by atoms with Gasteiger partial charge >= 0.3 is 6.61 Å². The zero-order valence-electron chi connectivity index (χ0n) is 11.6. The molecule has 0 radical (unpaired) electrons. The van der Waals surface area contributed by atoms with Crippen molar-refractivity contribution in [1.29, 1.82) is 0 Å². The lowest BCUT2D eigenvalue weighted by atomic mass is 10.2. The molecule has 2 aromatic rings. The average molecular weight is 315 g/mol. The van der Waals surface area contributed by atoms with Crippen LogP contribution in [0.25, 0.3) is 0 Å². The van der Waals surface area contributed by atoms with Gasteiger partial charge in [0, 0.05) is 18.1 Å². The van der Waals surface area contributed by atoms with E-state index in [9.17, 15) is 8.78 Å². The summed E-state index contributed by atoms with van der Waals surface area (Å²) in [6.07, 6.45) is 0. The minimum Gasteiger partial charge on any atom is -0.490 e. The molecule has 1 heterocycles. The SMILES string of the molecule is CCOc1cc(CNc2nc(C)ns2)ccc1OC(F)F. The number of aromatic nitrogens is 2. The number of alkyl halides is 2. The Bertz CT molecular complexity index is 593. The Balaban J connectivity index is 2.07. The maximum Gasteiger partial charge on any atom is 0.387 e. The van der Waals surface area contributed by atoms with E-state index in [0.717, 1.165) is 5.56 Å². The van der Waals surface area contributed by atoms with E-state index in [1.54, 1.807) is 19.1 Å². The predicted molar refractivity (Wildman–Crippen MR) is 76.2 cm³/mol. The van der Waals surface area contributed by atoms with Crippen molar-refractivity contribution in [2.24, 2.45) is 0 Å². The second kappa shape index (κ2) is 7.16. The van der Waals surface area contributed by atoms with Crippen LogP contribution in [0.3, 0.4) is 0 Å². The molecule has 0 spiro atoms. The van der Waals surface area contributed by atoms with Gasteiger partial charge in [-0.1, -0.05) is 6.07 Å². The van der Waals surface area contributed by atoms with Gasteiger partial charge in [0.25, 0.3) is 0 Å². The number of aryl methyl sites for hydroxylation is 1. The Hall–Kier alpha value is -1.96. The fraction of sp³-hybridized carbons (Fsp3) is 0.385. The van der Waals surface area contributed by atoms with E-state index >= 15 is 0 Å². The van der Waals surface area contributed by atoms with Crippen LogP contribution in [0.4, 0.5) is 13.9 Å². The molecule has 1 aromatic heterocycles. The lowest BCUT2D eigenvalue weighted by Crippen LogP contribution is -2.06. The van der Waals surface area contributed by atoms with Crippen molar-refractivity contribution in [3.8, 4) is 11.5 Å². The molecular formula is C13H15F2N3O2S. The summed E-state index contributed by atoms with van der Waals surface area (Å²) in [4.78, 5) is 4.18. The molecule has 5 nitrogen and oxygen atoms in total. The number of ether oxygens (including phenoxy) is 2. The van der Waals surface area contributed by atoms with Gasteiger partial charge in [-0.15, -0.1) is 0 Å². The van der Waals surface area contributed by atoms with Crippen LogP contribution in [-0.4, -0.2) is 22.6 Å². The predicted octanol–water partition coefficient (Wildman–Crippen LogP) is 3.46. The first kappa shape index (κ1) is 15.4. The van der Waals surface area contributed by atoms with E-state index in [0.29, 0.717) is 29.9 Å². The molecule has 0 bridgehead atoms. The quantitative estimate of drug-likeness (QED) is 0.848. The number of hydrogen-bond acceptors (Lipinski definition) is 6. The second-order valence-corrected chi connectivity index (χ2v) is 4.84. The molecule has 1 aromatic carbocycles. The molecule has 0 atom stereocenters. The summed E-state index contributed by atoms with van der Waals surface area (Å²) in [5.41, 5.74) is 0.868. The number of rotatable bonds is 7. The number of nitrogens with one attached hydrogen (secondary N) is 1. The fourth-order valence-corrected chi connectivity index (χ4v) is 2.24. The first-order valence-corrected chi connectivity index (χ1v) is 7.10. The lowest BCUT2D eigenvalue weighted by molar-refractivity contribution is -0.0514. The summed E-state index contributed by atoms with van der Waals surface area (Å²) in [7, 11) is 0. The van der Waals surface area contributed by atoms with Gasteiger partial charge in [-0.3, -0.25) is 0 Å². The summed E-state index contributed by atoms with van der Waals surface area (Å²) < 4.78 is 38.4. The van der Waals surface area contributed by atoms with Crippen LogP contribution >= 0.6 is 11.5 Å². The van der Waals surface area contributed by atoms with E-state index in [-0.39, 0.29) is 5.75 Å². The Morgan fingerprint density at radius 3 is 2.76 bits per heavy atom. The van der Waals surface area contributed by atoms with E-state index in [2.05, 4.69) is 19.4 Å². The zero-order valence-corrected chi connectivity index (χ0v) is 12.4. The first-order valence-electron chi connectivity index (χ1n) is 6.33. The minimum absolute atomic E-state index is 0.0300. The van der Waals surface area contributed by atoms with Crippen LogP contribution in [0.1, 0.15) is 18.3 Å². The van der Waals surface area contributed by atoms with Gasteiger partial charge in [0.15, 0.2) is 11.5 Å². The number of halogens is 2. The van der Waals surface area contributed by atoms with Crippen molar-refractivity contribution in [1.82, 2.24) is 9.36 Å². The Kier molecular flexibility index (Phi) is 5.26. The summed E-state index contributed by atoms with van der Waals surface area (Å²) in [6.45, 7) is 1.57. The molecule has 0 saturated heterocycles. The van der Waals surface area contributed by atoms with E-state index in [1.165, 1.54) is 17.6 Å². The molecule has 0 saturated carbocycles. The van der Waals surface area contributed by atoms with Gasteiger partial charge in [-0.2, -0.15) is 13.2 Å². The van der Waals surface area contributed by atoms with Crippen LogP contribution in [0.5, 0.6) is 11.5 Å². The van der Waals surface area contributed by atoms with Crippen molar-refractivity contribution in [3.63, 3.8) is 0 Å². The summed E-state index contributed by atoms with van der Waals surface area (Å²) in [6, 6.07) is 4.84. The third-order valence-corrected chi connectivity index (χ3v) is 3.26. The molecule has 0 aliphatic heterocycles. The van der Waals surface area contributed by atoms with Gasteiger partial charge in [-0.25, -0.2) is 4.98 Å². The topological polar surface area (TPSA) is 56.3 Å². The summed E-state index contributed by atoms with van der Waals surface area (Å²) in [5, 5.41) is 3.82. The third kappa shape index (κ3) is 4.52. The third-order valence-electron chi connectivity index (χ3n) is 2.50. The molecule has 0 amide bonds. The average Bonchev–Trinajstić information content (AvgIpc) is 2.84. The lowest BCUT2D eigenvalue weighted by Gasteiger charge is -2.12. The molecule has 0 aliphatic rings. The van der Waals surface area contributed by atoms with Gasteiger partial charge in [0.05, 0.1) is 6.61 Å². The van der Waals surface area contributed by atoms with Gasteiger partial charge in [0.2, 0.25) is 5.13 Å². The normalized spacial score (nSPS) is 10.7. The molecular weight excluding hydrogens is 300 g/mol. The van der Waals surface area contributed by atoms with Crippen molar-refractivity contribution in [2.75, 3.05) is 11.9 Å². The Morgan fingerprint density at radius 2 is 2.14 bits per heavy atom. The van der Waals surface area contributed by atoms with Crippen molar-refractivity contribution in [2.45, 2.75) is 27.0 Å². The van der Waals surface area contributed by atoms with Crippen LogP contribution in [-0.2, 0) is 6.54 Å². The van der Waals surface area contributed by atoms with Crippen LogP contribution in [0, 0.1) is 6.92 Å². The van der Waals surface area contributed by atoms with Crippen LogP contribution < -0.4 is 14.8 Å². The highest BCUT2D eigenvalue weighted by molar-refractivity contribution is 7.09. The number of anilines is 1.